The Morgan fingerprint density at radius 1 is 0.491 bits per heavy atom. The molecule has 3 N–H and O–H groups in total. The molecule has 10 heteroatoms. The molecule has 0 radical (unpaired) electrons. The Morgan fingerprint density at radius 2 is 0.891 bits per heavy atom. The number of carbonyl (C=O) groups excluding carboxylic acids is 4. The summed E-state index contributed by atoms with van der Waals surface area (Å²) in [4.78, 5) is 54.7. The molecule has 0 aliphatic rings. The van der Waals surface area contributed by atoms with Crippen LogP contribution in [0.5, 0.6) is 0 Å². The Balaban J connectivity index is 4.80. The topological polar surface area (TPSA) is 131 Å². The van der Waals surface area contributed by atoms with Crippen molar-refractivity contribution in [2.45, 2.75) is 214 Å². The number of primary amides is 1. The fourth-order valence-corrected chi connectivity index (χ4v) is 6.92. The molecular formula is C45H88N4O6. The minimum atomic E-state index is -0.650. The van der Waals surface area contributed by atoms with Gasteiger partial charge in [0.2, 0.25) is 17.7 Å². The summed E-state index contributed by atoms with van der Waals surface area (Å²) in [7, 11) is 0. The van der Waals surface area contributed by atoms with Crippen LogP contribution in [0, 0.1) is 0 Å². The van der Waals surface area contributed by atoms with Crippen LogP contribution in [0.2, 0.25) is 0 Å². The molecule has 0 aromatic heterocycles. The highest BCUT2D eigenvalue weighted by Gasteiger charge is 2.25. The normalized spacial score (nSPS) is 11.8. The molecule has 0 rings (SSSR count). The molecule has 10 nitrogen and oxygen atoms in total. The number of unbranched alkanes of at least 4 members (excludes halogenated alkanes) is 22. The molecule has 324 valence electrons. The molecule has 55 heavy (non-hydrogen) atoms. The van der Waals surface area contributed by atoms with Gasteiger partial charge in [0.25, 0.3) is 5.91 Å². The summed E-state index contributed by atoms with van der Waals surface area (Å²) in [6, 6.07) is 0. The van der Waals surface area contributed by atoms with E-state index in [0.29, 0.717) is 26.1 Å². The minimum absolute atomic E-state index is 0.0239. The molecule has 0 aliphatic heterocycles. The van der Waals surface area contributed by atoms with Crippen molar-refractivity contribution in [3.8, 4) is 0 Å². The lowest BCUT2D eigenvalue weighted by atomic mass is 10.1. The maximum atomic E-state index is 13.7. The van der Waals surface area contributed by atoms with Crippen molar-refractivity contribution in [1.82, 2.24) is 15.1 Å². The zero-order chi connectivity index (χ0) is 40.6. The summed E-state index contributed by atoms with van der Waals surface area (Å²) in [5, 5.41) is 2.93. The lowest BCUT2D eigenvalue weighted by molar-refractivity contribution is -0.146. The van der Waals surface area contributed by atoms with Crippen molar-refractivity contribution < 1.29 is 28.7 Å². The molecular weight excluding hydrogens is 693 g/mol. The van der Waals surface area contributed by atoms with Gasteiger partial charge >= 0.3 is 0 Å². The Hall–Kier alpha value is -2.20. The number of rotatable bonds is 42. The molecule has 1 atom stereocenters. The van der Waals surface area contributed by atoms with E-state index >= 15 is 0 Å². The summed E-state index contributed by atoms with van der Waals surface area (Å²) in [5.74, 6) is -0.837. The summed E-state index contributed by atoms with van der Waals surface area (Å²) >= 11 is 0. The maximum Gasteiger partial charge on any atom is 0.251 e. The van der Waals surface area contributed by atoms with Gasteiger partial charge in [-0.1, -0.05) is 163 Å². The number of nitrogens with zero attached hydrogens (tertiary/aromatic N) is 2. The van der Waals surface area contributed by atoms with Crippen LogP contribution in [0.15, 0.2) is 0 Å². The number of nitrogens with one attached hydrogen (secondary N) is 1. The van der Waals surface area contributed by atoms with Crippen LogP contribution < -0.4 is 11.1 Å². The summed E-state index contributed by atoms with van der Waals surface area (Å²) in [6.07, 6.45) is 30.2. The Morgan fingerprint density at radius 3 is 1.35 bits per heavy atom. The second kappa shape index (κ2) is 40.0. The van der Waals surface area contributed by atoms with Gasteiger partial charge in [0, 0.05) is 32.7 Å². The van der Waals surface area contributed by atoms with Crippen LogP contribution in [-0.2, 0) is 28.7 Å². The molecule has 0 bridgehead atoms. The molecule has 0 aromatic carbocycles. The minimum Gasteiger partial charge on any atom is -0.368 e. The standard InChI is InChI=1S/C45H88N4O6/c1-5-9-13-17-21-26-32-41(55-38-42(46)50)45(53)49(36-30-24-20-16-12-8-4)37-31-25-27-33-47-43(51)39-54-40-44(52)48(34-28-22-18-14-10-6-2)35-29-23-19-15-11-7-3/h41H,5-40H2,1-4H3,(H2,46,50)(H,47,51). The lowest BCUT2D eigenvalue weighted by Gasteiger charge is -2.27. The summed E-state index contributed by atoms with van der Waals surface area (Å²) in [6.45, 7) is 11.8. The first-order chi connectivity index (χ1) is 26.8. The second-order valence-electron chi connectivity index (χ2n) is 15.7. The second-order valence-corrected chi connectivity index (χ2v) is 15.7. The van der Waals surface area contributed by atoms with Gasteiger partial charge < -0.3 is 30.3 Å². The van der Waals surface area contributed by atoms with E-state index in [1.54, 1.807) is 0 Å². The van der Waals surface area contributed by atoms with Gasteiger partial charge in [-0.05, 0) is 44.9 Å². The third-order valence-electron chi connectivity index (χ3n) is 10.4. The largest absolute Gasteiger partial charge is 0.368 e. The predicted octanol–water partition coefficient (Wildman–Crippen LogP) is 9.65. The van der Waals surface area contributed by atoms with Gasteiger partial charge in [0.15, 0.2) is 0 Å². The highest BCUT2D eigenvalue weighted by molar-refractivity contribution is 5.82. The van der Waals surface area contributed by atoms with E-state index in [4.69, 9.17) is 15.2 Å². The number of hydrogen-bond donors (Lipinski definition) is 2. The van der Waals surface area contributed by atoms with E-state index in [9.17, 15) is 19.2 Å². The molecule has 0 saturated carbocycles. The first-order valence-electron chi connectivity index (χ1n) is 23.1. The van der Waals surface area contributed by atoms with Gasteiger partial charge in [0.1, 0.15) is 25.9 Å². The third kappa shape index (κ3) is 33.6. The highest BCUT2D eigenvalue weighted by Crippen LogP contribution is 2.16. The Labute approximate surface area is 338 Å². The molecule has 0 aliphatic carbocycles. The van der Waals surface area contributed by atoms with Gasteiger partial charge in [-0.25, -0.2) is 0 Å². The fourth-order valence-electron chi connectivity index (χ4n) is 6.92. The zero-order valence-corrected chi connectivity index (χ0v) is 36.5. The van der Waals surface area contributed by atoms with Gasteiger partial charge in [-0.2, -0.15) is 0 Å². The number of hydrogen-bond acceptors (Lipinski definition) is 6. The van der Waals surface area contributed by atoms with E-state index < -0.39 is 12.0 Å². The van der Waals surface area contributed by atoms with Crippen molar-refractivity contribution in [2.24, 2.45) is 5.73 Å². The van der Waals surface area contributed by atoms with Crippen LogP contribution >= 0.6 is 0 Å². The maximum absolute atomic E-state index is 13.7. The molecule has 0 fully saturated rings. The van der Waals surface area contributed by atoms with Crippen LogP contribution in [0.25, 0.3) is 0 Å². The fraction of sp³-hybridized carbons (Fsp3) is 0.911. The van der Waals surface area contributed by atoms with Crippen LogP contribution in [0.3, 0.4) is 0 Å². The quantitative estimate of drug-likeness (QED) is 0.0594. The zero-order valence-electron chi connectivity index (χ0n) is 36.5. The number of carbonyl (C=O) groups is 4. The van der Waals surface area contributed by atoms with Crippen LogP contribution in [0.1, 0.15) is 207 Å². The van der Waals surface area contributed by atoms with E-state index in [2.05, 4.69) is 33.0 Å². The van der Waals surface area contributed by atoms with Crippen LogP contribution in [0.4, 0.5) is 0 Å². The lowest BCUT2D eigenvalue weighted by Crippen LogP contribution is -2.42. The molecule has 4 amide bonds. The monoisotopic (exact) mass is 781 g/mol. The van der Waals surface area contributed by atoms with Crippen molar-refractivity contribution in [3.63, 3.8) is 0 Å². The first-order valence-corrected chi connectivity index (χ1v) is 23.1. The third-order valence-corrected chi connectivity index (χ3v) is 10.4. The Kier molecular flexibility index (Phi) is 38.4. The van der Waals surface area contributed by atoms with Gasteiger partial charge in [0.05, 0.1) is 0 Å². The number of amides is 4. The van der Waals surface area contributed by atoms with Crippen LogP contribution in [-0.4, -0.2) is 92.1 Å². The number of nitrogens with two attached hydrogens (primary N) is 1. The highest BCUT2D eigenvalue weighted by atomic mass is 16.5. The summed E-state index contributed by atoms with van der Waals surface area (Å²) < 4.78 is 11.4. The van der Waals surface area contributed by atoms with Gasteiger partial charge in [-0.3, -0.25) is 19.2 Å². The van der Waals surface area contributed by atoms with Crippen molar-refractivity contribution >= 4 is 23.6 Å². The van der Waals surface area contributed by atoms with E-state index in [-0.39, 0.29) is 37.5 Å². The smallest absolute Gasteiger partial charge is 0.251 e. The van der Waals surface area contributed by atoms with Crippen molar-refractivity contribution in [3.05, 3.63) is 0 Å². The molecule has 0 spiro atoms. The number of ether oxygens (including phenoxy) is 2. The summed E-state index contributed by atoms with van der Waals surface area (Å²) in [5.41, 5.74) is 5.38. The molecule has 1 unspecified atom stereocenters. The molecule has 0 saturated heterocycles. The Bertz CT molecular complexity index is 904. The van der Waals surface area contributed by atoms with Crippen molar-refractivity contribution in [2.75, 3.05) is 52.5 Å². The SMILES string of the molecule is CCCCCCCCC(OCC(N)=O)C(=O)N(CCCCCCCC)CCCCCNC(=O)COCC(=O)N(CCCCCCCC)CCCCCCCC. The van der Waals surface area contributed by atoms with E-state index in [1.165, 1.54) is 96.3 Å². The van der Waals surface area contributed by atoms with Gasteiger partial charge in [-0.15, -0.1) is 0 Å². The average Bonchev–Trinajstić information content (AvgIpc) is 3.17. The molecule has 0 heterocycles. The first kappa shape index (κ1) is 52.8. The molecule has 0 aromatic rings. The van der Waals surface area contributed by atoms with E-state index in [0.717, 1.165) is 90.1 Å². The van der Waals surface area contributed by atoms with Crippen molar-refractivity contribution in [1.29, 1.82) is 0 Å². The predicted molar refractivity (Wildman–Crippen MR) is 228 cm³/mol. The average molecular weight is 781 g/mol. The van der Waals surface area contributed by atoms with E-state index in [1.807, 2.05) is 9.80 Å².